The third kappa shape index (κ3) is 1.70. The number of aryl methyl sites for hydroxylation is 1. The van der Waals surface area contributed by atoms with Gasteiger partial charge in [-0.25, -0.2) is 10.0 Å². The molecule has 0 aromatic carbocycles. The molecule has 0 saturated heterocycles. The summed E-state index contributed by atoms with van der Waals surface area (Å²) in [6.07, 6.45) is 1.22. The smallest absolute Gasteiger partial charge is 0.281 e. The minimum Gasteiger partial charge on any atom is -0.442 e. The standard InChI is InChI=1S/C10H11N3O4/c1-5-6(10(15)13(2)16-3)7-8(14)11-4-12-9(7)17-5/h4H,1-3H3,(H,11,12,14). The highest BCUT2D eigenvalue weighted by Gasteiger charge is 2.24. The summed E-state index contributed by atoms with van der Waals surface area (Å²) in [5.41, 5.74) is -0.113. The van der Waals surface area contributed by atoms with Gasteiger partial charge in [-0.1, -0.05) is 0 Å². The van der Waals surface area contributed by atoms with E-state index in [9.17, 15) is 9.59 Å². The first kappa shape index (κ1) is 11.3. The van der Waals surface area contributed by atoms with Gasteiger partial charge in [0.1, 0.15) is 11.1 Å². The van der Waals surface area contributed by atoms with Crippen LogP contribution in [0.5, 0.6) is 0 Å². The average Bonchev–Trinajstić information content (AvgIpc) is 2.65. The Morgan fingerprint density at radius 3 is 2.94 bits per heavy atom. The summed E-state index contributed by atoms with van der Waals surface area (Å²) >= 11 is 0. The number of nitrogens with one attached hydrogen (secondary N) is 1. The van der Waals surface area contributed by atoms with Gasteiger partial charge in [-0.2, -0.15) is 0 Å². The molecule has 0 unspecified atom stereocenters. The monoisotopic (exact) mass is 237 g/mol. The number of rotatable bonds is 2. The van der Waals surface area contributed by atoms with Crippen molar-refractivity contribution in [3.05, 3.63) is 28.0 Å². The zero-order valence-corrected chi connectivity index (χ0v) is 9.60. The summed E-state index contributed by atoms with van der Waals surface area (Å²) in [5, 5.41) is 1.16. The van der Waals surface area contributed by atoms with Crippen LogP contribution >= 0.6 is 0 Å². The van der Waals surface area contributed by atoms with E-state index in [0.717, 1.165) is 5.06 Å². The molecule has 17 heavy (non-hydrogen) atoms. The predicted molar refractivity (Wildman–Crippen MR) is 58.5 cm³/mol. The van der Waals surface area contributed by atoms with Crippen molar-refractivity contribution in [2.75, 3.05) is 14.2 Å². The van der Waals surface area contributed by atoms with Crippen molar-refractivity contribution in [1.29, 1.82) is 0 Å². The molecule has 1 N–H and O–H groups in total. The Morgan fingerprint density at radius 1 is 1.59 bits per heavy atom. The maximum absolute atomic E-state index is 12.0. The highest BCUT2D eigenvalue weighted by Crippen LogP contribution is 2.21. The first-order valence-electron chi connectivity index (χ1n) is 4.85. The molecule has 0 spiro atoms. The molecule has 0 aliphatic carbocycles. The number of aromatic amines is 1. The van der Waals surface area contributed by atoms with E-state index >= 15 is 0 Å². The van der Waals surface area contributed by atoms with Crippen LogP contribution in [0.1, 0.15) is 16.1 Å². The molecule has 1 amide bonds. The van der Waals surface area contributed by atoms with Crippen molar-refractivity contribution in [3.63, 3.8) is 0 Å². The van der Waals surface area contributed by atoms with Gasteiger partial charge in [0, 0.05) is 7.05 Å². The van der Waals surface area contributed by atoms with Gasteiger partial charge < -0.3 is 9.40 Å². The molecule has 0 aliphatic rings. The fourth-order valence-electron chi connectivity index (χ4n) is 1.55. The lowest BCUT2D eigenvalue weighted by Gasteiger charge is -2.12. The first-order chi connectivity index (χ1) is 8.06. The van der Waals surface area contributed by atoms with Gasteiger partial charge in [0.25, 0.3) is 11.5 Å². The normalized spacial score (nSPS) is 10.8. The molecule has 2 aromatic heterocycles. The Balaban J connectivity index is 2.73. The molecule has 2 heterocycles. The molecule has 0 bridgehead atoms. The molecule has 2 rings (SSSR count). The van der Waals surface area contributed by atoms with Gasteiger partial charge in [-0.15, -0.1) is 0 Å². The van der Waals surface area contributed by atoms with Crippen LogP contribution in [0.15, 0.2) is 15.5 Å². The van der Waals surface area contributed by atoms with Gasteiger partial charge in [0.15, 0.2) is 0 Å². The SMILES string of the molecule is CON(C)C(=O)c1c(C)oc2nc[nH]c(=O)c12. The number of hydroxylamine groups is 2. The molecule has 0 saturated carbocycles. The number of nitrogens with zero attached hydrogens (tertiary/aromatic N) is 2. The van der Waals surface area contributed by atoms with E-state index < -0.39 is 11.5 Å². The Morgan fingerprint density at radius 2 is 2.29 bits per heavy atom. The maximum Gasteiger partial charge on any atom is 0.281 e. The number of hydrogen-bond acceptors (Lipinski definition) is 5. The second kappa shape index (κ2) is 4.02. The highest BCUT2D eigenvalue weighted by molar-refractivity contribution is 6.05. The lowest BCUT2D eigenvalue weighted by Crippen LogP contribution is -2.26. The van der Waals surface area contributed by atoms with E-state index in [1.54, 1.807) is 6.92 Å². The summed E-state index contributed by atoms with van der Waals surface area (Å²) in [5.74, 6) is -0.125. The zero-order chi connectivity index (χ0) is 12.6. The van der Waals surface area contributed by atoms with Crippen molar-refractivity contribution in [1.82, 2.24) is 15.0 Å². The van der Waals surface area contributed by atoms with Crippen LogP contribution in [0.4, 0.5) is 0 Å². The van der Waals surface area contributed by atoms with Gasteiger partial charge >= 0.3 is 0 Å². The minimum absolute atomic E-state index is 0.138. The fourth-order valence-corrected chi connectivity index (χ4v) is 1.55. The minimum atomic E-state index is -0.456. The number of hydrogen-bond donors (Lipinski definition) is 1. The molecule has 0 radical (unpaired) electrons. The van der Waals surface area contributed by atoms with Crippen LogP contribution in [-0.4, -0.2) is 35.1 Å². The fraction of sp³-hybridized carbons (Fsp3) is 0.300. The lowest BCUT2D eigenvalue weighted by molar-refractivity contribution is -0.0756. The van der Waals surface area contributed by atoms with Gasteiger partial charge in [0.2, 0.25) is 5.71 Å². The number of carbonyl (C=O) groups is 1. The van der Waals surface area contributed by atoms with Crippen LogP contribution < -0.4 is 5.56 Å². The molecule has 7 nitrogen and oxygen atoms in total. The molecule has 90 valence electrons. The topological polar surface area (TPSA) is 88.4 Å². The number of H-pyrrole nitrogens is 1. The molecule has 2 aromatic rings. The number of fused-ring (bicyclic) bond motifs is 1. The molecular formula is C10H11N3O4. The predicted octanol–water partition coefficient (Wildman–Crippen LogP) is 0.458. The molecule has 0 atom stereocenters. The van der Waals surface area contributed by atoms with Crippen LogP contribution in [0.25, 0.3) is 11.1 Å². The Hall–Kier alpha value is -2.15. The van der Waals surface area contributed by atoms with Crippen LogP contribution in [-0.2, 0) is 4.84 Å². The second-order valence-electron chi connectivity index (χ2n) is 3.43. The van der Waals surface area contributed by atoms with Crippen LogP contribution in [0, 0.1) is 6.92 Å². The summed E-state index contributed by atoms with van der Waals surface area (Å²) < 4.78 is 5.26. The van der Waals surface area contributed by atoms with Crippen LogP contribution in [0.3, 0.4) is 0 Å². The number of carbonyl (C=O) groups excluding carboxylic acids is 1. The maximum atomic E-state index is 12.0. The highest BCUT2D eigenvalue weighted by atomic mass is 16.7. The summed E-state index contributed by atoms with van der Waals surface area (Å²) in [6.45, 7) is 1.60. The molecule has 0 aliphatic heterocycles. The molecule has 0 fully saturated rings. The van der Waals surface area contributed by atoms with E-state index in [-0.39, 0.29) is 16.7 Å². The zero-order valence-electron chi connectivity index (χ0n) is 9.60. The summed E-state index contributed by atoms with van der Waals surface area (Å²) in [6, 6.07) is 0. The van der Waals surface area contributed by atoms with Gasteiger partial charge in [-0.05, 0) is 6.92 Å². The third-order valence-corrected chi connectivity index (χ3v) is 2.44. The second-order valence-corrected chi connectivity index (χ2v) is 3.43. The number of aromatic nitrogens is 2. The Kier molecular flexibility index (Phi) is 2.68. The van der Waals surface area contributed by atoms with E-state index in [0.29, 0.717) is 5.76 Å². The van der Waals surface area contributed by atoms with E-state index in [4.69, 9.17) is 9.25 Å². The quantitative estimate of drug-likeness (QED) is 0.766. The molecular weight excluding hydrogens is 226 g/mol. The van der Waals surface area contributed by atoms with E-state index in [1.807, 2.05) is 0 Å². The van der Waals surface area contributed by atoms with Crippen molar-refractivity contribution >= 4 is 17.0 Å². The van der Waals surface area contributed by atoms with Gasteiger partial charge in [0.05, 0.1) is 19.0 Å². The Labute approximate surface area is 96.0 Å². The average molecular weight is 237 g/mol. The summed E-state index contributed by atoms with van der Waals surface area (Å²) in [4.78, 5) is 34.7. The molecule has 7 heteroatoms. The van der Waals surface area contributed by atoms with Crippen molar-refractivity contribution < 1.29 is 14.0 Å². The number of furan rings is 1. The van der Waals surface area contributed by atoms with E-state index in [2.05, 4.69) is 9.97 Å². The van der Waals surface area contributed by atoms with Crippen molar-refractivity contribution in [3.8, 4) is 0 Å². The van der Waals surface area contributed by atoms with Crippen molar-refractivity contribution in [2.24, 2.45) is 0 Å². The van der Waals surface area contributed by atoms with E-state index in [1.165, 1.54) is 20.5 Å². The largest absolute Gasteiger partial charge is 0.442 e. The van der Waals surface area contributed by atoms with Gasteiger partial charge in [-0.3, -0.25) is 14.4 Å². The number of amides is 1. The van der Waals surface area contributed by atoms with Crippen molar-refractivity contribution in [2.45, 2.75) is 6.92 Å². The summed E-state index contributed by atoms with van der Waals surface area (Å²) in [7, 11) is 2.81. The first-order valence-corrected chi connectivity index (χ1v) is 4.85. The third-order valence-electron chi connectivity index (χ3n) is 2.44. The Bertz CT molecular complexity index is 628. The van der Waals surface area contributed by atoms with Crippen LogP contribution in [0.2, 0.25) is 0 Å². The lowest BCUT2D eigenvalue weighted by atomic mass is 10.2.